The van der Waals surface area contributed by atoms with Gasteiger partial charge >= 0.3 is 0 Å². The fraction of sp³-hybridized carbons (Fsp3) is 0.186. The van der Waals surface area contributed by atoms with E-state index in [-0.39, 0.29) is 0 Å². The zero-order valence-electron chi connectivity index (χ0n) is 34.3. The summed E-state index contributed by atoms with van der Waals surface area (Å²) in [5.41, 5.74) is 12.4. The minimum absolute atomic E-state index is 0.892. The first kappa shape index (κ1) is 36.6. The van der Waals surface area contributed by atoms with Crippen LogP contribution in [0.5, 0.6) is 0 Å². The molecule has 11 rings (SSSR count). The average Bonchev–Trinajstić information content (AvgIpc) is 3.31. The van der Waals surface area contributed by atoms with Gasteiger partial charge in [-0.15, -0.1) is 0 Å². The topological polar surface area (TPSA) is 3.24 Å². The van der Waals surface area contributed by atoms with Crippen molar-refractivity contribution in [1.29, 1.82) is 0 Å². The van der Waals surface area contributed by atoms with Crippen molar-refractivity contribution in [2.24, 2.45) is 17.8 Å². The SMILES string of the molecule is c1ccc(-c2cccc3ccc(-c4ccc(N(c5ccc(CCC6CC7CCCC(C7)C6)cc5)c5ccc(-c6cccc7ccccc67)c6ccccc56)cc4)cc23)cc1. The van der Waals surface area contributed by atoms with E-state index in [2.05, 4.69) is 199 Å². The maximum absolute atomic E-state index is 2.47. The Morgan fingerprint density at radius 1 is 0.400 bits per heavy atom. The van der Waals surface area contributed by atoms with Gasteiger partial charge in [-0.2, -0.15) is 0 Å². The second kappa shape index (κ2) is 16.0. The van der Waals surface area contributed by atoms with Crippen molar-refractivity contribution in [3.8, 4) is 33.4 Å². The normalized spacial score (nSPS) is 17.6. The number of aryl methyl sites for hydroxylation is 1. The van der Waals surface area contributed by atoms with Crippen molar-refractivity contribution in [3.63, 3.8) is 0 Å². The van der Waals surface area contributed by atoms with Crippen LogP contribution in [-0.2, 0) is 6.42 Å². The van der Waals surface area contributed by atoms with Gasteiger partial charge in [0, 0.05) is 16.8 Å². The van der Waals surface area contributed by atoms with Crippen LogP contribution in [0.1, 0.15) is 50.5 Å². The quantitative estimate of drug-likeness (QED) is 0.141. The van der Waals surface area contributed by atoms with Crippen molar-refractivity contribution in [2.45, 2.75) is 51.4 Å². The fourth-order valence-corrected chi connectivity index (χ4v) is 11.0. The molecule has 60 heavy (non-hydrogen) atoms. The lowest BCUT2D eigenvalue weighted by Gasteiger charge is -2.39. The van der Waals surface area contributed by atoms with E-state index in [4.69, 9.17) is 0 Å². The molecule has 292 valence electrons. The van der Waals surface area contributed by atoms with Gasteiger partial charge in [-0.05, 0) is 152 Å². The van der Waals surface area contributed by atoms with Crippen molar-refractivity contribution in [3.05, 3.63) is 200 Å². The molecule has 1 heteroatoms. The molecule has 0 aliphatic heterocycles. The van der Waals surface area contributed by atoms with E-state index in [9.17, 15) is 0 Å². The zero-order chi connectivity index (χ0) is 39.8. The summed E-state index contributed by atoms with van der Waals surface area (Å²) in [6.07, 6.45) is 11.3. The summed E-state index contributed by atoms with van der Waals surface area (Å²) >= 11 is 0. The van der Waals surface area contributed by atoms with Gasteiger partial charge in [0.25, 0.3) is 0 Å². The molecular formula is C59H51N. The van der Waals surface area contributed by atoms with Crippen molar-refractivity contribution in [2.75, 3.05) is 4.90 Å². The first-order valence-corrected chi connectivity index (χ1v) is 22.3. The van der Waals surface area contributed by atoms with E-state index in [1.807, 2.05) is 0 Å². The molecule has 0 radical (unpaired) electrons. The van der Waals surface area contributed by atoms with Crippen LogP contribution >= 0.6 is 0 Å². The maximum Gasteiger partial charge on any atom is 0.0540 e. The second-order valence-electron chi connectivity index (χ2n) is 17.6. The van der Waals surface area contributed by atoms with Crippen LogP contribution in [0.3, 0.4) is 0 Å². The molecule has 0 aromatic heterocycles. The Morgan fingerprint density at radius 2 is 1.00 bits per heavy atom. The molecule has 2 bridgehead atoms. The van der Waals surface area contributed by atoms with Crippen LogP contribution in [0.25, 0.3) is 65.7 Å². The summed E-state index contributed by atoms with van der Waals surface area (Å²) in [4.78, 5) is 2.47. The average molecular weight is 774 g/mol. The van der Waals surface area contributed by atoms with Gasteiger partial charge in [0.05, 0.1) is 5.69 Å². The summed E-state index contributed by atoms with van der Waals surface area (Å²) in [5, 5.41) is 7.57. The van der Waals surface area contributed by atoms with Gasteiger partial charge < -0.3 is 4.90 Å². The lowest BCUT2D eigenvalue weighted by atomic mass is 9.67. The predicted octanol–water partition coefficient (Wildman–Crippen LogP) is 16.8. The first-order chi connectivity index (χ1) is 29.7. The third kappa shape index (κ3) is 7.07. The monoisotopic (exact) mass is 773 g/mol. The van der Waals surface area contributed by atoms with Gasteiger partial charge in [-0.3, -0.25) is 0 Å². The highest BCUT2D eigenvalue weighted by Gasteiger charge is 2.31. The van der Waals surface area contributed by atoms with E-state index < -0.39 is 0 Å². The second-order valence-corrected chi connectivity index (χ2v) is 17.6. The maximum atomic E-state index is 2.47. The number of anilines is 3. The Hall–Kier alpha value is -6.44. The first-order valence-electron chi connectivity index (χ1n) is 22.3. The number of hydrogen-bond donors (Lipinski definition) is 0. The summed E-state index contributed by atoms with van der Waals surface area (Å²) in [6, 6.07) is 72.1. The molecule has 2 fully saturated rings. The highest BCUT2D eigenvalue weighted by atomic mass is 15.1. The van der Waals surface area contributed by atoms with Gasteiger partial charge in [0.15, 0.2) is 0 Å². The lowest BCUT2D eigenvalue weighted by Crippen LogP contribution is -2.27. The predicted molar refractivity (Wildman–Crippen MR) is 256 cm³/mol. The van der Waals surface area contributed by atoms with Crippen molar-refractivity contribution in [1.82, 2.24) is 0 Å². The smallest absolute Gasteiger partial charge is 0.0540 e. The van der Waals surface area contributed by atoms with E-state index >= 15 is 0 Å². The molecule has 0 N–H and O–H groups in total. The van der Waals surface area contributed by atoms with Crippen LogP contribution in [-0.4, -0.2) is 0 Å². The fourth-order valence-electron chi connectivity index (χ4n) is 11.0. The van der Waals surface area contributed by atoms with E-state index in [1.54, 1.807) is 0 Å². The zero-order valence-corrected chi connectivity index (χ0v) is 34.3. The molecular weight excluding hydrogens is 723 g/mol. The molecule has 2 atom stereocenters. The van der Waals surface area contributed by atoms with E-state index in [0.29, 0.717) is 0 Å². The number of rotatable bonds is 9. The van der Waals surface area contributed by atoms with Gasteiger partial charge in [-0.25, -0.2) is 0 Å². The highest BCUT2D eigenvalue weighted by molar-refractivity contribution is 6.10. The molecule has 0 amide bonds. The van der Waals surface area contributed by atoms with Crippen molar-refractivity contribution >= 4 is 49.4 Å². The minimum Gasteiger partial charge on any atom is -0.310 e. The number of fused-ring (bicyclic) bond motifs is 5. The number of hydrogen-bond acceptors (Lipinski definition) is 1. The lowest BCUT2D eigenvalue weighted by molar-refractivity contribution is 0.132. The molecule has 9 aromatic rings. The summed E-state index contributed by atoms with van der Waals surface area (Å²) in [5.74, 6) is 2.86. The molecule has 2 unspecified atom stereocenters. The Bertz CT molecular complexity index is 2930. The van der Waals surface area contributed by atoms with Gasteiger partial charge in [0.1, 0.15) is 0 Å². The summed E-state index contributed by atoms with van der Waals surface area (Å²) in [7, 11) is 0. The largest absolute Gasteiger partial charge is 0.310 e. The Morgan fingerprint density at radius 3 is 1.77 bits per heavy atom. The molecule has 1 nitrogen and oxygen atoms in total. The van der Waals surface area contributed by atoms with E-state index in [0.717, 1.165) is 23.4 Å². The third-order valence-electron chi connectivity index (χ3n) is 13.9. The molecule has 9 aromatic carbocycles. The standard InChI is InChI=1S/C59H51N/c1-2-13-46(14-3-1)53-21-9-17-48-27-28-49(40-58(48)53)45-29-33-51(34-30-45)60(50-31-25-41(26-32-50)23-24-44-38-42-11-8-12-43(37-42)39-44)59-36-35-56(55-19-6-7-20-57(55)59)54-22-10-16-47-15-4-5-18-52(47)54/h1-7,9-10,13-22,25-36,40,42-44H,8,11-12,23-24,37-39H2. The van der Waals surface area contributed by atoms with Crippen LogP contribution in [0.4, 0.5) is 17.1 Å². The molecule has 2 aliphatic rings. The van der Waals surface area contributed by atoms with Crippen LogP contribution < -0.4 is 4.90 Å². The van der Waals surface area contributed by atoms with Crippen LogP contribution in [0.2, 0.25) is 0 Å². The number of nitrogens with zero attached hydrogens (tertiary/aromatic N) is 1. The van der Waals surface area contributed by atoms with Crippen molar-refractivity contribution < 1.29 is 0 Å². The molecule has 2 saturated carbocycles. The Kier molecular flexibility index (Phi) is 9.74. The summed E-state index contributed by atoms with van der Waals surface area (Å²) < 4.78 is 0. The van der Waals surface area contributed by atoms with Crippen LogP contribution in [0.15, 0.2) is 194 Å². The molecule has 0 spiro atoms. The molecule has 0 saturated heterocycles. The van der Waals surface area contributed by atoms with Crippen LogP contribution in [0, 0.1) is 17.8 Å². The molecule has 2 aliphatic carbocycles. The van der Waals surface area contributed by atoms with Gasteiger partial charge in [-0.1, -0.05) is 177 Å². The third-order valence-corrected chi connectivity index (χ3v) is 13.9. The van der Waals surface area contributed by atoms with Gasteiger partial charge in [0.2, 0.25) is 0 Å². The number of benzene rings is 9. The summed E-state index contributed by atoms with van der Waals surface area (Å²) in [6.45, 7) is 0. The highest BCUT2D eigenvalue weighted by Crippen LogP contribution is 2.46. The Balaban J connectivity index is 0.974. The Labute approximate surface area is 355 Å². The van der Waals surface area contributed by atoms with E-state index in [1.165, 1.54) is 134 Å². The minimum atomic E-state index is 0.892. The molecule has 0 heterocycles.